The van der Waals surface area contributed by atoms with Crippen molar-refractivity contribution in [1.29, 1.82) is 0 Å². The predicted octanol–water partition coefficient (Wildman–Crippen LogP) is 1.04. The Balaban J connectivity index is 2.27. The molecule has 5 nitrogen and oxygen atoms in total. The molecule has 0 saturated heterocycles. The molecule has 0 radical (unpaired) electrons. The van der Waals surface area contributed by atoms with Crippen LogP contribution in [0.5, 0.6) is 0 Å². The summed E-state index contributed by atoms with van der Waals surface area (Å²) >= 11 is 0. The van der Waals surface area contributed by atoms with Gasteiger partial charge < -0.3 is 19.7 Å². The average molecular weight is 280 g/mol. The third kappa shape index (κ3) is 6.47. The molecule has 5 heteroatoms. The molecule has 0 amide bonds. The van der Waals surface area contributed by atoms with Crippen molar-refractivity contribution in [1.82, 2.24) is 0 Å². The number of esters is 1. The van der Waals surface area contributed by atoms with Crippen LogP contribution in [0.3, 0.4) is 0 Å². The van der Waals surface area contributed by atoms with Crippen LogP contribution >= 0.6 is 0 Å². The highest BCUT2D eigenvalue weighted by molar-refractivity contribution is 5.81. The topological polar surface area (TPSA) is 76.0 Å². The standard InChI is InChI=1S/C15H20O5/c1-2-20-15(18)9-8-13(16)14(17)11-19-10-12-6-4-3-5-7-12/h3-9,13-14,16-17H,2,10-11H2,1H3/b9-8+/t13-,14-/m0/s1. The van der Waals surface area contributed by atoms with Crippen LogP contribution in [0.15, 0.2) is 42.5 Å². The molecule has 0 aliphatic carbocycles. The van der Waals surface area contributed by atoms with E-state index < -0.39 is 18.2 Å². The summed E-state index contributed by atoms with van der Waals surface area (Å²) in [5.41, 5.74) is 0.983. The maximum Gasteiger partial charge on any atom is 0.330 e. The second-order valence-corrected chi connectivity index (χ2v) is 4.17. The van der Waals surface area contributed by atoms with Gasteiger partial charge in [0.2, 0.25) is 0 Å². The summed E-state index contributed by atoms with van der Waals surface area (Å²) in [7, 11) is 0. The fraction of sp³-hybridized carbons (Fsp3) is 0.400. The van der Waals surface area contributed by atoms with Gasteiger partial charge in [-0.2, -0.15) is 0 Å². The minimum atomic E-state index is -1.17. The molecule has 20 heavy (non-hydrogen) atoms. The number of carbonyl (C=O) groups is 1. The number of hydrogen-bond donors (Lipinski definition) is 2. The molecule has 0 heterocycles. The molecule has 1 aromatic rings. The van der Waals surface area contributed by atoms with Gasteiger partial charge in [-0.15, -0.1) is 0 Å². The number of aliphatic hydroxyl groups excluding tert-OH is 2. The Morgan fingerprint density at radius 3 is 2.65 bits per heavy atom. The van der Waals surface area contributed by atoms with E-state index in [0.29, 0.717) is 6.61 Å². The van der Waals surface area contributed by atoms with E-state index >= 15 is 0 Å². The number of aliphatic hydroxyl groups is 2. The molecule has 2 atom stereocenters. The summed E-state index contributed by atoms with van der Waals surface area (Å²) in [6.45, 7) is 2.28. The summed E-state index contributed by atoms with van der Waals surface area (Å²) in [5, 5.41) is 19.3. The highest BCUT2D eigenvalue weighted by atomic mass is 16.5. The minimum Gasteiger partial charge on any atom is -0.463 e. The van der Waals surface area contributed by atoms with Crippen molar-refractivity contribution in [2.24, 2.45) is 0 Å². The molecule has 0 aliphatic rings. The quantitative estimate of drug-likeness (QED) is 0.550. The number of ether oxygens (including phenoxy) is 2. The number of rotatable bonds is 8. The Hall–Kier alpha value is -1.69. The van der Waals surface area contributed by atoms with Crippen molar-refractivity contribution in [3.63, 3.8) is 0 Å². The Morgan fingerprint density at radius 2 is 2.00 bits per heavy atom. The third-order valence-electron chi connectivity index (χ3n) is 2.51. The maximum atomic E-state index is 11.0. The van der Waals surface area contributed by atoms with Crippen molar-refractivity contribution in [3.8, 4) is 0 Å². The van der Waals surface area contributed by atoms with Gasteiger partial charge in [0.05, 0.1) is 19.8 Å². The first kappa shape index (κ1) is 16.4. The largest absolute Gasteiger partial charge is 0.463 e. The Labute approximate surface area is 118 Å². The van der Waals surface area contributed by atoms with Gasteiger partial charge in [-0.1, -0.05) is 30.3 Å². The van der Waals surface area contributed by atoms with Crippen molar-refractivity contribution in [3.05, 3.63) is 48.0 Å². The van der Waals surface area contributed by atoms with E-state index in [-0.39, 0.29) is 13.2 Å². The molecule has 1 aromatic carbocycles. The molecule has 0 aliphatic heterocycles. The van der Waals surface area contributed by atoms with Crippen LogP contribution in [0, 0.1) is 0 Å². The van der Waals surface area contributed by atoms with Gasteiger partial charge in [0, 0.05) is 6.08 Å². The lowest BCUT2D eigenvalue weighted by Gasteiger charge is -2.14. The fourth-order valence-corrected chi connectivity index (χ4v) is 1.47. The third-order valence-corrected chi connectivity index (χ3v) is 2.51. The van der Waals surface area contributed by atoms with Crippen LogP contribution in [0.4, 0.5) is 0 Å². The Morgan fingerprint density at radius 1 is 1.30 bits per heavy atom. The van der Waals surface area contributed by atoms with E-state index in [1.807, 2.05) is 30.3 Å². The van der Waals surface area contributed by atoms with E-state index in [9.17, 15) is 15.0 Å². The number of benzene rings is 1. The zero-order valence-corrected chi connectivity index (χ0v) is 11.4. The minimum absolute atomic E-state index is 0.0246. The SMILES string of the molecule is CCOC(=O)/C=C/[C@H](O)[C@@H](O)COCc1ccccc1. The lowest BCUT2D eigenvalue weighted by molar-refractivity contribution is -0.137. The summed E-state index contributed by atoms with van der Waals surface area (Å²) < 4.78 is 9.96. The molecule has 1 rings (SSSR count). The van der Waals surface area contributed by atoms with Gasteiger partial charge >= 0.3 is 5.97 Å². The van der Waals surface area contributed by atoms with Crippen molar-refractivity contribution in [2.45, 2.75) is 25.7 Å². The predicted molar refractivity (Wildman–Crippen MR) is 73.9 cm³/mol. The fourth-order valence-electron chi connectivity index (χ4n) is 1.47. The lowest BCUT2D eigenvalue weighted by atomic mass is 10.2. The van der Waals surface area contributed by atoms with E-state index in [2.05, 4.69) is 4.74 Å². The first-order chi connectivity index (χ1) is 9.63. The highest BCUT2D eigenvalue weighted by Crippen LogP contribution is 2.03. The van der Waals surface area contributed by atoms with Crippen LogP contribution in [-0.2, 0) is 20.9 Å². The molecule has 0 fully saturated rings. The van der Waals surface area contributed by atoms with Crippen LogP contribution in [0.1, 0.15) is 12.5 Å². The van der Waals surface area contributed by atoms with E-state index in [1.165, 1.54) is 6.08 Å². The van der Waals surface area contributed by atoms with E-state index in [0.717, 1.165) is 11.6 Å². The summed E-state index contributed by atoms with van der Waals surface area (Å²) in [4.78, 5) is 11.0. The monoisotopic (exact) mass is 280 g/mol. The molecule has 110 valence electrons. The zero-order valence-electron chi connectivity index (χ0n) is 11.4. The average Bonchev–Trinajstić information content (AvgIpc) is 2.46. The maximum absolute atomic E-state index is 11.0. The highest BCUT2D eigenvalue weighted by Gasteiger charge is 2.13. The lowest BCUT2D eigenvalue weighted by Crippen LogP contribution is -2.29. The van der Waals surface area contributed by atoms with Crippen LogP contribution in [0.2, 0.25) is 0 Å². The van der Waals surface area contributed by atoms with Gasteiger partial charge in [-0.25, -0.2) is 4.79 Å². The molecule has 2 N–H and O–H groups in total. The smallest absolute Gasteiger partial charge is 0.330 e. The molecule has 0 aromatic heterocycles. The van der Waals surface area contributed by atoms with Gasteiger partial charge in [0.25, 0.3) is 0 Å². The molecular weight excluding hydrogens is 260 g/mol. The second-order valence-electron chi connectivity index (χ2n) is 4.17. The van der Waals surface area contributed by atoms with Gasteiger partial charge in [0.1, 0.15) is 12.2 Å². The summed E-state index contributed by atoms with van der Waals surface area (Å²) in [6.07, 6.45) is 0.0166. The second kappa shape index (κ2) is 9.25. The molecule has 0 unspecified atom stereocenters. The first-order valence-corrected chi connectivity index (χ1v) is 6.46. The zero-order chi connectivity index (χ0) is 14.8. The molecule has 0 bridgehead atoms. The summed E-state index contributed by atoms with van der Waals surface area (Å²) in [6, 6.07) is 9.51. The van der Waals surface area contributed by atoms with Crippen LogP contribution < -0.4 is 0 Å². The van der Waals surface area contributed by atoms with Gasteiger partial charge in [-0.05, 0) is 18.6 Å². The van der Waals surface area contributed by atoms with Gasteiger partial charge in [-0.3, -0.25) is 0 Å². The van der Waals surface area contributed by atoms with Crippen molar-refractivity contribution in [2.75, 3.05) is 13.2 Å². The van der Waals surface area contributed by atoms with Crippen LogP contribution in [0.25, 0.3) is 0 Å². The van der Waals surface area contributed by atoms with Crippen LogP contribution in [-0.4, -0.2) is 41.6 Å². The number of hydrogen-bond acceptors (Lipinski definition) is 5. The van der Waals surface area contributed by atoms with Crippen molar-refractivity contribution >= 4 is 5.97 Å². The molecule has 0 saturated carbocycles. The molecular formula is C15H20O5. The Kier molecular flexibility index (Phi) is 7.57. The van der Waals surface area contributed by atoms with E-state index in [4.69, 9.17) is 4.74 Å². The van der Waals surface area contributed by atoms with E-state index in [1.54, 1.807) is 6.92 Å². The normalized spacial score (nSPS) is 14.2. The summed E-state index contributed by atoms with van der Waals surface area (Å²) in [5.74, 6) is -0.552. The number of carbonyl (C=O) groups excluding carboxylic acids is 1. The van der Waals surface area contributed by atoms with Gasteiger partial charge in [0.15, 0.2) is 0 Å². The first-order valence-electron chi connectivity index (χ1n) is 6.46. The molecule has 0 spiro atoms. The van der Waals surface area contributed by atoms with Crippen molar-refractivity contribution < 1.29 is 24.5 Å². The Bertz CT molecular complexity index is 416.